The van der Waals surface area contributed by atoms with Gasteiger partial charge in [-0.25, -0.2) is 4.79 Å². The quantitative estimate of drug-likeness (QED) is 0.840. The smallest absolute Gasteiger partial charge is 0.317 e. The Hall–Kier alpha value is -2.08. The fourth-order valence-electron chi connectivity index (χ4n) is 2.41. The minimum Gasteiger partial charge on any atom is -0.481 e. The summed E-state index contributed by atoms with van der Waals surface area (Å²) < 4.78 is 5.33. The van der Waals surface area contributed by atoms with Crippen molar-refractivity contribution in [2.75, 3.05) is 19.7 Å². The van der Waals surface area contributed by atoms with Gasteiger partial charge in [0.1, 0.15) is 0 Å². The van der Waals surface area contributed by atoms with Crippen LogP contribution in [0.3, 0.4) is 0 Å². The van der Waals surface area contributed by atoms with Crippen LogP contribution >= 0.6 is 0 Å². The van der Waals surface area contributed by atoms with Crippen LogP contribution in [0.25, 0.3) is 0 Å². The molecule has 0 spiro atoms. The molecule has 0 aliphatic carbocycles. The Kier molecular flexibility index (Phi) is 5.77. The molecular weight excluding hydrogens is 284 g/mol. The number of ether oxygens (including phenoxy) is 1. The monoisotopic (exact) mass is 306 g/mol. The molecule has 1 aliphatic rings. The third-order valence-electron chi connectivity index (χ3n) is 3.76. The van der Waals surface area contributed by atoms with E-state index in [2.05, 4.69) is 5.32 Å². The Morgan fingerprint density at radius 1 is 1.32 bits per heavy atom. The van der Waals surface area contributed by atoms with E-state index in [1.54, 1.807) is 4.90 Å². The van der Waals surface area contributed by atoms with Gasteiger partial charge in [0.2, 0.25) is 0 Å². The van der Waals surface area contributed by atoms with Crippen LogP contribution in [0.2, 0.25) is 0 Å². The maximum absolute atomic E-state index is 12.0. The Labute approximate surface area is 130 Å². The van der Waals surface area contributed by atoms with E-state index in [0.717, 1.165) is 11.1 Å². The molecule has 1 aliphatic heterocycles. The zero-order chi connectivity index (χ0) is 15.9. The van der Waals surface area contributed by atoms with Crippen molar-refractivity contribution in [3.63, 3.8) is 0 Å². The minimum atomic E-state index is -0.833. The molecular formula is C16H22N2O4. The fraction of sp³-hybridized carbons (Fsp3) is 0.500. The maximum atomic E-state index is 12.0. The van der Waals surface area contributed by atoms with E-state index in [4.69, 9.17) is 9.84 Å². The molecule has 1 saturated heterocycles. The number of rotatable bonds is 6. The first-order valence-electron chi connectivity index (χ1n) is 7.51. The molecule has 2 rings (SSSR count). The molecule has 0 aromatic heterocycles. The fourth-order valence-corrected chi connectivity index (χ4v) is 2.41. The predicted octanol–water partition coefficient (Wildman–Crippen LogP) is 1.84. The van der Waals surface area contributed by atoms with E-state index >= 15 is 0 Å². The van der Waals surface area contributed by atoms with Crippen molar-refractivity contribution < 1.29 is 19.4 Å². The van der Waals surface area contributed by atoms with E-state index < -0.39 is 11.9 Å². The van der Waals surface area contributed by atoms with Crippen molar-refractivity contribution in [3.05, 3.63) is 35.4 Å². The largest absolute Gasteiger partial charge is 0.481 e. The molecule has 0 saturated carbocycles. The number of carboxylic acid groups (broad SMARTS) is 1. The number of carboxylic acids is 1. The lowest BCUT2D eigenvalue weighted by atomic mass is 10.1. The van der Waals surface area contributed by atoms with E-state index in [9.17, 15) is 9.59 Å². The summed E-state index contributed by atoms with van der Waals surface area (Å²) in [7, 11) is 0. The minimum absolute atomic E-state index is 0.206. The first-order chi connectivity index (χ1) is 10.6. The molecule has 120 valence electrons. The van der Waals surface area contributed by atoms with E-state index in [1.165, 1.54) is 0 Å². The summed E-state index contributed by atoms with van der Waals surface area (Å²) in [6.07, 6.45) is 0.523. The van der Waals surface area contributed by atoms with E-state index in [0.29, 0.717) is 32.7 Å². The number of hydrogen-bond donors (Lipinski definition) is 2. The number of nitrogens with zero attached hydrogens (tertiary/aromatic N) is 1. The number of carbonyl (C=O) groups is 2. The third-order valence-corrected chi connectivity index (χ3v) is 3.76. The molecule has 1 aromatic rings. The van der Waals surface area contributed by atoms with Gasteiger partial charge in [-0.2, -0.15) is 0 Å². The first-order valence-corrected chi connectivity index (χ1v) is 7.51. The number of aliphatic carboxylic acids is 1. The highest BCUT2D eigenvalue weighted by atomic mass is 16.5. The van der Waals surface area contributed by atoms with Crippen molar-refractivity contribution in [1.29, 1.82) is 0 Å². The predicted molar refractivity (Wildman–Crippen MR) is 81.3 cm³/mol. The van der Waals surface area contributed by atoms with E-state index in [-0.39, 0.29) is 12.6 Å². The van der Waals surface area contributed by atoms with E-state index in [1.807, 2.05) is 31.2 Å². The normalized spacial score (nSPS) is 17.5. The zero-order valence-corrected chi connectivity index (χ0v) is 12.7. The summed E-state index contributed by atoms with van der Waals surface area (Å²) in [5, 5.41) is 11.8. The Morgan fingerprint density at radius 2 is 2.00 bits per heavy atom. The molecule has 1 heterocycles. The van der Waals surface area contributed by atoms with Crippen LogP contribution in [0.1, 0.15) is 24.5 Å². The van der Waals surface area contributed by atoms with Gasteiger partial charge in [0.25, 0.3) is 0 Å². The highest BCUT2D eigenvalue weighted by Crippen LogP contribution is 2.16. The molecule has 22 heavy (non-hydrogen) atoms. The molecule has 1 aromatic carbocycles. The van der Waals surface area contributed by atoms with Gasteiger partial charge in [-0.3, -0.25) is 4.79 Å². The van der Waals surface area contributed by atoms with Crippen LogP contribution in [-0.2, 0) is 22.7 Å². The maximum Gasteiger partial charge on any atom is 0.317 e. The van der Waals surface area contributed by atoms with Gasteiger partial charge in [-0.05, 0) is 24.5 Å². The number of hydrogen-bond acceptors (Lipinski definition) is 3. The van der Waals surface area contributed by atoms with Gasteiger partial charge in [0.05, 0.1) is 12.5 Å². The Balaban J connectivity index is 1.78. The van der Waals surface area contributed by atoms with Crippen LogP contribution in [-0.4, -0.2) is 41.7 Å². The number of carbonyl (C=O) groups excluding carboxylic acids is 1. The third kappa shape index (κ3) is 4.46. The van der Waals surface area contributed by atoms with Crippen LogP contribution in [0.15, 0.2) is 24.3 Å². The number of nitrogens with one attached hydrogen (secondary N) is 1. The number of benzene rings is 1. The van der Waals surface area contributed by atoms with Crippen molar-refractivity contribution >= 4 is 12.0 Å². The summed E-state index contributed by atoms with van der Waals surface area (Å²) in [6, 6.07) is 7.67. The molecule has 2 amide bonds. The standard InChI is InChI=1S/C16H22N2O4/c1-2-22-11-13-5-3-12(4-6-13)9-17-16(21)18-8-7-14(10-18)15(19)20/h3-6,14H,2,7-11H2,1H3,(H,17,21)(H,19,20). The van der Waals surface area contributed by atoms with Crippen molar-refractivity contribution in [1.82, 2.24) is 10.2 Å². The molecule has 1 fully saturated rings. The first kappa shape index (κ1) is 16.3. The van der Waals surface area contributed by atoms with Crippen molar-refractivity contribution in [2.24, 2.45) is 5.92 Å². The second kappa shape index (κ2) is 7.79. The topological polar surface area (TPSA) is 78.9 Å². The number of urea groups is 1. The summed E-state index contributed by atoms with van der Waals surface area (Å²) in [5.41, 5.74) is 2.10. The Bertz CT molecular complexity index is 515. The van der Waals surface area contributed by atoms with Crippen molar-refractivity contribution in [2.45, 2.75) is 26.5 Å². The SMILES string of the molecule is CCOCc1ccc(CNC(=O)N2CCC(C(=O)O)C2)cc1. The average Bonchev–Trinajstić information content (AvgIpc) is 3.02. The van der Waals surface area contributed by atoms with Crippen LogP contribution in [0.5, 0.6) is 0 Å². The van der Waals surface area contributed by atoms with Crippen molar-refractivity contribution in [3.8, 4) is 0 Å². The molecule has 1 unspecified atom stereocenters. The number of likely N-dealkylation sites (tertiary alicyclic amines) is 1. The summed E-state index contributed by atoms with van der Waals surface area (Å²) in [6.45, 7) is 4.45. The second-order valence-corrected chi connectivity index (χ2v) is 5.38. The second-order valence-electron chi connectivity index (χ2n) is 5.38. The van der Waals surface area contributed by atoms with Gasteiger partial charge < -0.3 is 20.1 Å². The molecule has 0 bridgehead atoms. The summed E-state index contributed by atoms with van der Waals surface area (Å²) in [5.74, 6) is -1.27. The molecule has 0 radical (unpaired) electrons. The van der Waals surface area contributed by atoms with Gasteiger partial charge in [0, 0.05) is 26.2 Å². The highest BCUT2D eigenvalue weighted by Gasteiger charge is 2.30. The zero-order valence-electron chi connectivity index (χ0n) is 12.7. The molecule has 2 N–H and O–H groups in total. The lowest BCUT2D eigenvalue weighted by Gasteiger charge is -2.16. The lowest BCUT2D eigenvalue weighted by Crippen LogP contribution is -2.38. The molecule has 6 heteroatoms. The van der Waals surface area contributed by atoms with Crippen LogP contribution in [0.4, 0.5) is 4.79 Å². The van der Waals surface area contributed by atoms with Gasteiger partial charge in [-0.15, -0.1) is 0 Å². The van der Waals surface area contributed by atoms with Crippen LogP contribution < -0.4 is 5.32 Å². The van der Waals surface area contributed by atoms with Gasteiger partial charge >= 0.3 is 12.0 Å². The van der Waals surface area contributed by atoms with Crippen LogP contribution in [0, 0.1) is 5.92 Å². The summed E-state index contributed by atoms with van der Waals surface area (Å²) in [4.78, 5) is 24.4. The Morgan fingerprint density at radius 3 is 2.59 bits per heavy atom. The lowest BCUT2D eigenvalue weighted by molar-refractivity contribution is -0.141. The summed E-state index contributed by atoms with van der Waals surface area (Å²) >= 11 is 0. The highest BCUT2D eigenvalue weighted by molar-refractivity contribution is 5.77. The van der Waals surface area contributed by atoms with Gasteiger partial charge in [-0.1, -0.05) is 24.3 Å². The number of amides is 2. The molecule has 1 atom stereocenters. The van der Waals surface area contributed by atoms with Gasteiger partial charge in [0.15, 0.2) is 0 Å². The molecule has 6 nitrogen and oxygen atoms in total. The average molecular weight is 306 g/mol.